The van der Waals surface area contributed by atoms with Crippen LogP contribution in [0.25, 0.3) is 0 Å². The Balaban J connectivity index is 1.85. The number of nitrogens with two attached hydrogens (primary N) is 1. The fraction of sp³-hybridized carbons (Fsp3) is 0.700. The molecule has 4 nitrogen and oxygen atoms in total. The molecule has 1 aromatic heterocycles. The minimum absolute atomic E-state index is 0.693. The second kappa shape index (κ2) is 4.00. The van der Waals surface area contributed by atoms with Crippen molar-refractivity contribution in [2.75, 3.05) is 12.3 Å². The van der Waals surface area contributed by atoms with Crippen LogP contribution in [0.3, 0.4) is 0 Å². The van der Waals surface area contributed by atoms with Crippen molar-refractivity contribution in [3.05, 3.63) is 11.8 Å². The van der Waals surface area contributed by atoms with Crippen LogP contribution in [0.4, 0.5) is 5.82 Å². The van der Waals surface area contributed by atoms with Gasteiger partial charge in [0.15, 0.2) is 0 Å². The van der Waals surface area contributed by atoms with Crippen LogP contribution in [-0.2, 0) is 13.5 Å². The maximum absolute atomic E-state index is 5.71. The highest BCUT2D eigenvalue weighted by Crippen LogP contribution is 2.13. The van der Waals surface area contributed by atoms with Crippen molar-refractivity contribution in [3.8, 4) is 0 Å². The lowest BCUT2D eigenvalue weighted by Crippen LogP contribution is -2.21. The maximum atomic E-state index is 5.71. The number of hydrogen-bond donors (Lipinski definition) is 2. The molecule has 0 aliphatic carbocycles. The van der Waals surface area contributed by atoms with Crippen LogP contribution >= 0.6 is 0 Å². The SMILES string of the molecule is Cn1nc(CCC2CCCN2)cc1N. The van der Waals surface area contributed by atoms with Crippen LogP contribution in [0.1, 0.15) is 25.0 Å². The van der Waals surface area contributed by atoms with Gasteiger partial charge in [-0.05, 0) is 32.2 Å². The molecule has 4 heteroatoms. The van der Waals surface area contributed by atoms with E-state index in [0.717, 1.165) is 17.9 Å². The first-order valence-electron chi connectivity index (χ1n) is 5.27. The normalized spacial score (nSPS) is 21.6. The number of nitrogens with one attached hydrogen (secondary N) is 1. The molecule has 1 saturated heterocycles. The predicted molar refractivity (Wildman–Crippen MR) is 57.0 cm³/mol. The Bertz CT molecular complexity index is 280. The molecule has 1 aliphatic heterocycles. The molecule has 1 aromatic rings. The number of nitrogens with zero attached hydrogens (tertiary/aromatic N) is 2. The van der Waals surface area contributed by atoms with Crippen molar-refractivity contribution in [1.82, 2.24) is 15.1 Å². The van der Waals surface area contributed by atoms with E-state index in [1.165, 1.54) is 25.8 Å². The molecule has 1 atom stereocenters. The quantitative estimate of drug-likeness (QED) is 0.744. The molecule has 0 bridgehead atoms. The van der Waals surface area contributed by atoms with Crippen LogP contribution in [0.5, 0.6) is 0 Å². The highest BCUT2D eigenvalue weighted by molar-refractivity contribution is 5.30. The fourth-order valence-electron chi connectivity index (χ4n) is 1.99. The van der Waals surface area contributed by atoms with E-state index in [-0.39, 0.29) is 0 Å². The molecule has 14 heavy (non-hydrogen) atoms. The Morgan fingerprint density at radius 3 is 3.14 bits per heavy atom. The van der Waals surface area contributed by atoms with Gasteiger partial charge in [-0.1, -0.05) is 0 Å². The lowest BCUT2D eigenvalue weighted by atomic mass is 10.1. The summed E-state index contributed by atoms with van der Waals surface area (Å²) in [5.74, 6) is 0.749. The lowest BCUT2D eigenvalue weighted by molar-refractivity contribution is 0.552. The molecule has 1 fully saturated rings. The van der Waals surface area contributed by atoms with E-state index in [4.69, 9.17) is 5.73 Å². The molecular formula is C10H18N4. The van der Waals surface area contributed by atoms with Crippen molar-refractivity contribution in [1.29, 1.82) is 0 Å². The number of aromatic nitrogens is 2. The van der Waals surface area contributed by atoms with E-state index in [2.05, 4.69) is 10.4 Å². The van der Waals surface area contributed by atoms with Gasteiger partial charge in [-0.15, -0.1) is 0 Å². The molecule has 78 valence electrons. The first kappa shape index (κ1) is 9.52. The largest absolute Gasteiger partial charge is 0.384 e. The Morgan fingerprint density at radius 2 is 2.57 bits per heavy atom. The summed E-state index contributed by atoms with van der Waals surface area (Å²) in [4.78, 5) is 0. The predicted octanol–water partition coefficient (Wildman–Crippen LogP) is 0.687. The third-order valence-electron chi connectivity index (χ3n) is 2.88. The molecule has 0 spiro atoms. The van der Waals surface area contributed by atoms with Crippen LogP contribution < -0.4 is 11.1 Å². The molecule has 3 N–H and O–H groups in total. The molecule has 2 rings (SSSR count). The summed E-state index contributed by atoms with van der Waals surface area (Å²) in [5, 5.41) is 7.82. The van der Waals surface area contributed by atoms with Crippen LogP contribution in [0.15, 0.2) is 6.07 Å². The van der Waals surface area contributed by atoms with Gasteiger partial charge in [0.1, 0.15) is 5.82 Å². The molecule has 0 radical (unpaired) electrons. The summed E-state index contributed by atoms with van der Waals surface area (Å²) >= 11 is 0. The van der Waals surface area contributed by atoms with Crippen molar-refractivity contribution < 1.29 is 0 Å². The highest BCUT2D eigenvalue weighted by atomic mass is 15.3. The smallest absolute Gasteiger partial charge is 0.121 e. The zero-order valence-corrected chi connectivity index (χ0v) is 8.66. The van der Waals surface area contributed by atoms with E-state index in [1.54, 1.807) is 4.68 Å². The van der Waals surface area contributed by atoms with Gasteiger partial charge < -0.3 is 11.1 Å². The summed E-state index contributed by atoms with van der Waals surface area (Å²) in [6.45, 7) is 1.18. The maximum Gasteiger partial charge on any atom is 0.121 e. The summed E-state index contributed by atoms with van der Waals surface area (Å²) in [6, 6.07) is 2.66. The summed E-state index contributed by atoms with van der Waals surface area (Å²) < 4.78 is 1.73. The molecule has 0 amide bonds. The Kier molecular flexibility index (Phi) is 2.72. The van der Waals surface area contributed by atoms with Gasteiger partial charge in [0, 0.05) is 19.2 Å². The monoisotopic (exact) mass is 194 g/mol. The van der Waals surface area contributed by atoms with Gasteiger partial charge in [-0.25, -0.2) is 0 Å². The third kappa shape index (κ3) is 2.07. The number of hydrogen-bond acceptors (Lipinski definition) is 3. The van der Waals surface area contributed by atoms with Crippen molar-refractivity contribution >= 4 is 5.82 Å². The van der Waals surface area contributed by atoms with Crippen LogP contribution in [0.2, 0.25) is 0 Å². The summed E-state index contributed by atoms with van der Waals surface area (Å²) in [7, 11) is 1.88. The number of aryl methyl sites for hydroxylation is 2. The number of anilines is 1. The topological polar surface area (TPSA) is 55.9 Å². The zero-order chi connectivity index (χ0) is 9.97. The summed E-state index contributed by atoms with van der Waals surface area (Å²) in [5.41, 5.74) is 6.82. The van der Waals surface area contributed by atoms with Crippen LogP contribution in [-0.4, -0.2) is 22.4 Å². The Labute approximate surface area is 84.5 Å². The molecule has 2 heterocycles. The fourth-order valence-corrected chi connectivity index (χ4v) is 1.99. The van der Waals surface area contributed by atoms with Gasteiger partial charge in [0.25, 0.3) is 0 Å². The highest BCUT2D eigenvalue weighted by Gasteiger charge is 2.14. The van der Waals surface area contributed by atoms with E-state index in [0.29, 0.717) is 6.04 Å². The summed E-state index contributed by atoms with van der Waals surface area (Å²) in [6.07, 6.45) is 4.83. The number of nitrogen functional groups attached to an aromatic ring is 1. The first-order valence-corrected chi connectivity index (χ1v) is 5.27. The molecular weight excluding hydrogens is 176 g/mol. The molecule has 1 unspecified atom stereocenters. The molecule has 1 aliphatic rings. The van der Waals surface area contributed by atoms with Crippen LogP contribution in [0, 0.1) is 0 Å². The van der Waals surface area contributed by atoms with Crippen molar-refractivity contribution in [3.63, 3.8) is 0 Å². The first-order chi connectivity index (χ1) is 6.75. The average molecular weight is 194 g/mol. The minimum atomic E-state index is 0.693. The molecule has 0 aromatic carbocycles. The van der Waals surface area contributed by atoms with E-state index in [9.17, 15) is 0 Å². The minimum Gasteiger partial charge on any atom is -0.384 e. The zero-order valence-electron chi connectivity index (χ0n) is 8.66. The second-order valence-electron chi connectivity index (χ2n) is 4.02. The van der Waals surface area contributed by atoms with E-state index >= 15 is 0 Å². The lowest BCUT2D eigenvalue weighted by Gasteiger charge is -2.07. The van der Waals surface area contributed by atoms with E-state index < -0.39 is 0 Å². The second-order valence-corrected chi connectivity index (χ2v) is 4.02. The van der Waals surface area contributed by atoms with Crippen molar-refractivity contribution in [2.45, 2.75) is 31.7 Å². The average Bonchev–Trinajstić information content (AvgIpc) is 2.74. The van der Waals surface area contributed by atoms with Gasteiger partial charge in [-0.2, -0.15) is 5.10 Å². The molecule has 0 saturated carbocycles. The van der Waals surface area contributed by atoms with E-state index in [1.807, 2.05) is 13.1 Å². The van der Waals surface area contributed by atoms with Gasteiger partial charge >= 0.3 is 0 Å². The Morgan fingerprint density at radius 1 is 1.71 bits per heavy atom. The van der Waals surface area contributed by atoms with Gasteiger partial charge in [-0.3, -0.25) is 4.68 Å². The third-order valence-corrected chi connectivity index (χ3v) is 2.88. The van der Waals surface area contributed by atoms with Gasteiger partial charge in [0.05, 0.1) is 5.69 Å². The van der Waals surface area contributed by atoms with Crippen molar-refractivity contribution in [2.24, 2.45) is 7.05 Å². The number of rotatable bonds is 3. The Hall–Kier alpha value is -1.03. The van der Waals surface area contributed by atoms with Gasteiger partial charge in [0.2, 0.25) is 0 Å². The standard InChI is InChI=1S/C10H18N4/c1-14-10(11)7-9(13-14)5-4-8-3-2-6-12-8/h7-8,12H,2-6,11H2,1H3.